The van der Waals surface area contributed by atoms with Crippen molar-refractivity contribution in [1.82, 2.24) is 24.4 Å². The Morgan fingerprint density at radius 1 is 1.14 bits per heavy atom. The molecular formula is C37H42N8O4. The van der Waals surface area contributed by atoms with Gasteiger partial charge in [0, 0.05) is 68.5 Å². The molecule has 2 aliphatic heterocycles. The molecule has 254 valence electrons. The van der Waals surface area contributed by atoms with Crippen LogP contribution in [0.5, 0.6) is 0 Å². The number of carbonyl (C=O) groups excluding carboxylic acids is 2. The Bertz CT molecular complexity index is 2030. The molecule has 1 saturated heterocycles. The summed E-state index contributed by atoms with van der Waals surface area (Å²) in [6.07, 6.45) is 8.31. The maximum absolute atomic E-state index is 13.9. The van der Waals surface area contributed by atoms with Crippen LogP contribution in [0.3, 0.4) is 0 Å². The zero-order chi connectivity index (χ0) is 34.4. The number of hydrogen-bond donors (Lipinski definition) is 3. The van der Waals surface area contributed by atoms with Gasteiger partial charge in [0.25, 0.3) is 11.5 Å². The number of fused-ring (bicyclic) bond motifs is 3. The minimum Gasteiger partial charge on any atom is -0.392 e. The number of rotatable bonds is 8. The average molecular weight is 663 g/mol. The third-order valence-electron chi connectivity index (χ3n) is 9.84. The Labute approximate surface area is 285 Å². The molecule has 0 spiro atoms. The van der Waals surface area contributed by atoms with Crippen molar-refractivity contribution in [2.45, 2.75) is 58.7 Å². The van der Waals surface area contributed by atoms with Crippen molar-refractivity contribution in [3.8, 4) is 11.1 Å². The van der Waals surface area contributed by atoms with Crippen molar-refractivity contribution in [2.24, 2.45) is 12.5 Å². The first-order valence-corrected chi connectivity index (χ1v) is 16.8. The molecule has 1 atom stereocenters. The van der Waals surface area contributed by atoms with Crippen LogP contribution < -0.4 is 26.0 Å². The highest BCUT2D eigenvalue weighted by Gasteiger charge is 2.37. The molecule has 3 N–H and O–H groups in total. The zero-order valence-electron chi connectivity index (χ0n) is 28.2. The number of carbonyl (C=O) groups is 2. The Hall–Kier alpha value is -5.23. The van der Waals surface area contributed by atoms with Gasteiger partial charge < -0.3 is 29.8 Å². The van der Waals surface area contributed by atoms with Gasteiger partial charge >= 0.3 is 0 Å². The first-order valence-electron chi connectivity index (χ1n) is 16.8. The number of aryl methyl sites for hydroxylation is 1. The van der Waals surface area contributed by atoms with Crippen molar-refractivity contribution < 1.29 is 14.7 Å². The van der Waals surface area contributed by atoms with E-state index in [1.54, 1.807) is 42.5 Å². The van der Waals surface area contributed by atoms with Crippen LogP contribution in [-0.2, 0) is 37.8 Å². The number of anilines is 4. The zero-order valence-corrected chi connectivity index (χ0v) is 28.2. The fourth-order valence-corrected chi connectivity index (χ4v) is 7.57. The van der Waals surface area contributed by atoms with Crippen LogP contribution in [0.15, 0.2) is 66.2 Å². The standard InChI is InChI=1S/C37H42N8O4/c1-5-33(47)39-25-8-7-13-43(21-25)32-10-6-9-31(41-32)40-28-16-24(20-42(4)35(28)48)26-11-12-38-34(27(26)22-46)45-15-14-44-29(36(45)49)17-23-18-37(2,3)19-30(23)44/h5-6,9-12,16-17,20,25,46H,1,7-8,13-15,18-19,21-22H2,2-4H3,(H,39,47)(H,40,41)/t25-/m0/s1. The number of hydrogen-bond acceptors (Lipinski definition) is 8. The molecule has 0 aromatic carbocycles. The van der Waals surface area contributed by atoms with Crippen LogP contribution in [0, 0.1) is 5.41 Å². The molecule has 2 amide bonds. The molecule has 3 aliphatic rings. The molecule has 12 nitrogen and oxygen atoms in total. The predicted octanol–water partition coefficient (Wildman–Crippen LogP) is 3.94. The van der Waals surface area contributed by atoms with E-state index in [0.717, 1.165) is 38.0 Å². The molecule has 1 fully saturated rings. The van der Waals surface area contributed by atoms with Crippen molar-refractivity contribution in [3.63, 3.8) is 0 Å². The van der Waals surface area contributed by atoms with Gasteiger partial charge in [0.05, 0.1) is 6.61 Å². The van der Waals surface area contributed by atoms with Crippen molar-refractivity contribution in [2.75, 3.05) is 34.8 Å². The Balaban J connectivity index is 1.16. The van der Waals surface area contributed by atoms with Gasteiger partial charge in [0.15, 0.2) is 0 Å². The summed E-state index contributed by atoms with van der Waals surface area (Å²) >= 11 is 0. The van der Waals surface area contributed by atoms with Crippen LogP contribution in [0.4, 0.5) is 23.1 Å². The molecular weight excluding hydrogens is 620 g/mol. The normalized spacial score (nSPS) is 18.2. The number of pyridine rings is 3. The molecule has 0 bridgehead atoms. The van der Waals surface area contributed by atoms with Crippen LogP contribution >= 0.6 is 0 Å². The van der Waals surface area contributed by atoms with E-state index in [2.05, 4.69) is 45.5 Å². The van der Waals surface area contributed by atoms with Crippen LogP contribution in [0.2, 0.25) is 0 Å². The van der Waals surface area contributed by atoms with E-state index in [0.29, 0.717) is 59.3 Å². The fourth-order valence-electron chi connectivity index (χ4n) is 7.57. The van der Waals surface area contributed by atoms with Gasteiger partial charge in [-0.1, -0.05) is 26.5 Å². The lowest BCUT2D eigenvalue weighted by Gasteiger charge is -2.34. The second kappa shape index (κ2) is 12.7. The number of piperidine rings is 1. The Kier molecular flexibility index (Phi) is 8.35. The van der Waals surface area contributed by atoms with Crippen LogP contribution in [-0.4, -0.2) is 61.7 Å². The maximum atomic E-state index is 13.9. The Morgan fingerprint density at radius 2 is 1.98 bits per heavy atom. The first kappa shape index (κ1) is 32.3. The molecule has 4 aromatic rings. The lowest BCUT2D eigenvalue weighted by Crippen LogP contribution is -2.47. The van der Waals surface area contributed by atoms with E-state index < -0.39 is 0 Å². The third kappa shape index (κ3) is 6.12. The van der Waals surface area contributed by atoms with Gasteiger partial charge in [-0.3, -0.25) is 19.3 Å². The SMILES string of the molecule is C=CC(=O)N[C@H]1CCCN(c2cccc(Nc3cc(-c4ccnc(N5CCn6c(cc7c6CC(C)(C)C7)C5=O)c4CO)cn(C)c3=O)n2)C1. The quantitative estimate of drug-likeness (QED) is 0.242. The van der Waals surface area contributed by atoms with Gasteiger partial charge in [0.2, 0.25) is 5.91 Å². The van der Waals surface area contributed by atoms with Crippen molar-refractivity contribution in [3.05, 3.63) is 94.3 Å². The molecule has 4 aromatic heterocycles. The molecule has 0 radical (unpaired) electrons. The number of aromatic nitrogens is 4. The van der Waals surface area contributed by atoms with E-state index in [9.17, 15) is 19.5 Å². The number of aliphatic hydroxyl groups excluding tert-OH is 1. The number of amides is 2. The Morgan fingerprint density at radius 3 is 2.78 bits per heavy atom. The summed E-state index contributed by atoms with van der Waals surface area (Å²) in [5.74, 6) is 1.33. The summed E-state index contributed by atoms with van der Waals surface area (Å²) in [6, 6.07) is 11.2. The summed E-state index contributed by atoms with van der Waals surface area (Å²) in [4.78, 5) is 52.3. The van der Waals surface area contributed by atoms with Crippen LogP contribution in [0.1, 0.15) is 54.0 Å². The maximum Gasteiger partial charge on any atom is 0.276 e. The fraction of sp³-hybridized carbons (Fsp3) is 0.378. The lowest BCUT2D eigenvalue weighted by molar-refractivity contribution is -0.117. The monoisotopic (exact) mass is 662 g/mol. The van der Waals surface area contributed by atoms with Gasteiger partial charge in [-0.2, -0.15) is 0 Å². The van der Waals surface area contributed by atoms with E-state index in [4.69, 9.17) is 4.98 Å². The highest BCUT2D eigenvalue weighted by Crippen LogP contribution is 2.40. The minimum atomic E-state index is -0.340. The minimum absolute atomic E-state index is 0.00785. The highest BCUT2D eigenvalue weighted by atomic mass is 16.3. The van der Waals surface area contributed by atoms with E-state index in [-0.39, 0.29) is 35.4 Å². The number of aliphatic hydroxyl groups is 1. The first-order chi connectivity index (χ1) is 23.5. The summed E-state index contributed by atoms with van der Waals surface area (Å²) in [5, 5.41) is 16.9. The lowest BCUT2D eigenvalue weighted by atomic mass is 9.90. The molecule has 6 heterocycles. The third-order valence-corrected chi connectivity index (χ3v) is 9.84. The molecule has 7 rings (SSSR count). The van der Waals surface area contributed by atoms with Gasteiger partial charge in [-0.05, 0) is 78.6 Å². The summed E-state index contributed by atoms with van der Waals surface area (Å²) in [5.41, 5.74) is 5.27. The van der Waals surface area contributed by atoms with Crippen molar-refractivity contribution >= 4 is 35.0 Å². The van der Waals surface area contributed by atoms with Gasteiger partial charge in [0.1, 0.15) is 28.8 Å². The predicted molar refractivity (Wildman–Crippen MR) is 189 cm³/mol. The molecule has 49 heavy (non-hydrogen) atoms. The second-order valence-electron chi connectivity index (χ2n) is 14.0. The molecule has 12 heteroatoms. The second-order valence-corrected chi connectivity index (χ2v) is 14.0. The molecule has 0 saturated carbocycles. The summed E-state index contributed by atoms with van der Waals surface area (Å²) < 4.78 is 3.64. The van der Waals surface area contributed by atoms with Gasteiger partial charge in [-0.15, -0.1) is 0 Å². The number of nitrogens with one attached hydrogen (secondary N) is 2. The highest BCUT2D eigenvalue weighted by molar-refractivity contribution is 6.06. The molecule has 1 aliphatic carbocycles. The van der Waals surface area contributed by atoms with Gasteiger partial charge in [-0.25, -0.2) is 9.97 Å². The van der Waals surface area contributed by atoms with E-state index in [1.165, 1.54) is 21.9 Å². The van der Waals surface area contributed by atoms with E-state index >= 15 is 0 Å². The molecule has 0 unspecified atom stereocenters. The van der Waals surface area contributed by atoms with Crippen LogP contribution in [0.25, 0.3) is 11.1 Å². The number of nitrogens with zero attached hydrogens (tertiary/aromatic N) is 6. The van der Waals surface area contributed by atoms with E-state index in [1.807, 2.05) is 18.2 Å². The topological polar surface area (TPSA) is 138 Å². The summed E-state index contributed by atoms with van der Waals surface area (Å²) in [6.45, 7) is 10.2. The smallest absolute Gasteiger partial charge is 0.276 e. The van der Waals surface area contributed by atoms with Crippen molar-refractivity contribution in [1.29, 1.82) is 0 Å². The largest absolute Gasteiger partial charge is 0.392 e. The summed E-state index contributed by atoms with van der Waals surface area (Å²) in [7, 11) is 1.68. The average Bonchev–Trinajstić information content (AvgIpc) is 3.58.